The van der Waals surface area contributed by atoms with Gasteiger partial charge in [0.05, 0.1) is 5.69 Å². The highest BCUT2D eigenvalue weighted by atomic mass is 16.1. The van der Waals surface area contributed by atoms with E-state index >= 15 is 0 Å². The zero-order valence-corrected chi connectivity index (χ0v) is 12.3. The molecule has 0 atom stereocenters. The van der Waals surface area contributed by atoms with Gasteiger partial charge >= 0.3 is 0 Å². The van der Waals surface area contributed by atoms with Crippen molar-refractivity contribution in [2.45, 2.75) is 51.0 Å². The predicted octanol–water partition coefficient (Wildman–Crippen LogP) is 3.05. The smallest absolute Gasteiger partial charge is 0.289 e. The van der Waals surface area contributed by atoms with Crippen LogP contribution in [0.3, 0.4) is 0 Å². The summed E-state index contributed by atoms with van der Waals surface area (Å²) in [5.74, 6) is 0.452. The number of nitrogen functional groups attached to an aromatic ring is 1. The molecule has 1 aromatic carbocycles. The SMILES string of the molecule is Nc1c(C2CCCC2)[nH]n(CCCc2ccccc2)c1=O. The lowest BCUT2D eigenvalue weighted by molar-refractivity contribution is 0.547. The Morgan fingerprint density at radius 1 is 1.19 bits per heavy atom. The first-order chi connectivity index (χ1) is 10.3. The highest BCUT2D eigenvalue weighted by molar-refractivity contribution is 5.43. The Bertz CT molecular complexity index is 636. The number of nitrogens with zero attached hydrogens (tertiary/aromatic N) is 1. The van der Waals surface area contributed by atoms with Crippen molar-refractivity contribution in [3.05, 3.63) is 51.9 Å². The van der Waals surface area contributed by atoms with E-state index in [1.54, 1.807) is 4.68 Å². The molecule has 4 nitrogen and oxygen atoms in total. The number of aromatic nitrogens is 2. The summed E-state index contributed by atoms with van der Waals surface area (Å²) in [6.07, 6.45) is 6.69. The summed E-state index contributed by atoms with van der Waals surface area (Å²) >= 11 is 0. The van der Waals surface area contributed by atoms with Crippen LogP contribution < -0.4 is 11.3 Å². The lowest BCUT2D eigenvalue weighted by atomic mass is 10.0. The number of hydrogen-bond acceptors (Lipinski definition) is 2. The average Bonchev–Trinajstić information content (AvgIpc) is 3.12. The Morgan fingerprint density at radius 2 is 1.90 bits per heavy atom. The zero-order valence-electron chi connectivity index (χ0n) is 12.3. The number of aryl methyl sites for hydroxylation is 2. The molecular formula is C17H23N3O. The Hall–Kier alpha value is -1.97. The Balaban J connectivity index is 1.65. The number of benzene rings is 1. The number of aromatic amines is 1. The van der Waals surface area contributed by atoms with E-state index in [4.69, 9.17) is 5.73 Å². The molecule has 112 valence electrons. The van der Waals surface area contributed by atoms with Crippen molar-refractivity contribution in [1.29, 1.82) is 0 Å². The normalized spacial score (nSPS) is 15.6. The summed E-state index contributed by atoms with van der Waals surface area (Å²) in [5.41, 5.74) is 8.66. The molecule has 3 N–H and O–H groups in total. The molecule has 0 bridgehead atoms. The molecule has 1 heterocycles. The second-order valence-electron chi connectivity index (χ2n) is 5.97. The number of nitrogens with one attached hydrogen (secondary N) is 1. The van der Waals surface area contributed by atoms with Gasteiger partial charge in [-0.2, -0.15) is 0 Å². The molecule has 21 heavy (non-hydrogen) atoms. The Kier molecular flexibility index (Phi) is 4.13. The summed E-state index contributed by atoms with van der Waals surface area (Å²) in [6, 6.07) is 10.4. The molecule has 1 aliphatic rings. The molecule has 0 spiro atoms. The first-order valence-electron chi connectivity index (χ1n) is 7.88. The minimum Gasteiger partial charge on any atom is -0.393 e. The third kappa shape index (κ3) is 3.04. The summed E-state index contributed by atoms with van der Waals surface area (Å²) < 4.78 is 1.69. The lowest BCUT2D eigenvalue weighted by Gasteiger charge is -2.07. The molecule has 0 amide bonds. The maximum atomic E-state index is 12.2. The molecule has 0 saturated heterocycles. The molecule has 4 heteroatoms. The molecule has 3 rings (SSSR count). The van der Waals surface area contributed by atoms with Gasteiger partial charge in [0.1, 0.15) is 5.69 Å². The predicted molar refractivity (Wildman–Crippen MR) is 85.4 cm³/mol. The fraction of sp³-hybridized carbons (Fsp3) is 0.471. The maximum Gasteiger partial charge on any atom is 0.289 e. The van der Waals surface area contributed by atoms with Crippen LogP contribution in [-0.2, 0) is 13.0 Å². The monoisotopic (exact) mass is 285 g/mol. The molecular weight excluding hydrogens is 262 g/mol. The molecule has 0 radical (unpaired) electrons. The first-order valence-corrected chi connectivity index (χ1v) is 7.88. The van der Waals surface area contributed by atoms with Crippen molar-refractivity contribution in [2.24, 2.45) is 0 Å². The van der Waals surface area contributed by atoms with Crippen LogP contribution in [0.4, 0.5) is 5.69 Å². The molecule has 0 unspecified atom stereocenters. The fourth-order valence-corrected chi connectivity index (χ4v) is 3.29. The fourth-order valence-electron chi connectivity index (χ4n) is 3.29. The van der Waals surface area contributed by atoms with E-state index < -0.39 is 0 Å². The quantitative estimate of drug-likeness (QED) is 0.887. The van der Waals surface area contributed by atoms with Gasteiger partial charge < -0.3 is 5.73 Å². The van der Waals surface area contributed by atoms with Crippen LogP contribution in [0.25, 0.3) is 0 Å². The minimum atomic E-state index is -0.0510. The summed E-state index contributed by atoms with van der Waals surface area (Å²) in [4.78, 5) is 12.2. The van der Waals surface area contributed by atoms with Crippen LogP contribution in [0.15, 0.2) is 35.1 Å². The standard InChI is InChI=1S/C17H23N3O/c18-15-16(14-10-4-5-11-14)19-20(17(15)21)12-6-9-13-7-2-1-3-8-13/h1-3,7-8,14,19H,4-6,9-12,18H2. The first kappa shape index (κ1) is 14.0. The highest BCUT2D eigenvalue weighted by Gasteiger charge is 2.23. The molecule has 1 fully saturated rings. The van der Waals surface area contributed by atoms with Crippen LogP contribution in [0.5, 0.6) is 0 Å². The van der Waals surface area contributed by atoms with Gasteiger partial charge in [0, 0.05) is 12.5 Å². The summed E-state index contributed by atoms with van der Waals surface area (Å²) in [5, 5.41) is 3.26. The maximum absolute atomic E-state index is 12.2. The number of H-pyrrole nitrogens is 1. The third-order valence-corrected chi connectivity index (χ3v) is 4.47. The van der Waals surface area contributed by atoms with Crippen molar-refractivity contribution in [2.75, 3.05) is 5.73 Å². The number of anilines is 1. The van der Waals surface area contributed by atoms with Crippen LogP contribution >= 0.6 is 0 Å². The van der Waals surface area contributed by atoms with Crippen LogP contribution in [0.2, 0.25) is 0 Å². The minimum absolute atomic E-state index is 0.0510. The highest BCUT2D eigenvalue weighted by Crippen LogP contribution is 2.34. The van der Waals surface area contributed by atoms with Gasteiger partial charge in [-0.3, -0.25) is 14.6 Å². The Morgan fingerprint density at radius 3 is 2.62 bits per heavy atom. The van der Waals surface area contributed by atoms with E-state index in [-0.39, 0.29) is 5.56 Å². The van der Waals surface area contributed by atoms with Gasteiger partial charge in [0.15, 0.2) is 0 Å². The lowest BCUT2D eigenvalue weighted by Crippen LogP contribution is -2.18. The second kappa shape index (κ2) is 6.20. The zero-order chi connectivity index (χ0) is 14.7. The van der Waals surface area contributed by atoms with E-state index in [1.807, 2.05) is 18.2 Å². The van der Waals surface area contributed by atoms with Gasteiger partial charge in [-0.05, 0) is 31.2 Å². The molecule has 0 aliphatic heterocycles. The van der Waals surface area contributed by atoms with Crippen LogP contribution in [-0.4, -0.2) is 9.78 Å². The third-order valence-electron chi connectivity index (χ3n) is 4.47. The van der Waals surface area contributed by atoms with Gasteiger partial charge in [0.2, 0.25) is 0 Å². The van der Waals surface area contributed by atoms with E-state index in [2.05, 4.69) is 17.2 Å². The van der Waals surface area contributed by atoms with Crippen molar-refractivity contribution in [1.82, 2.24) is 9.78 Å². The molecule has 2 aromatic rings. The number of rotatable bonds is 5. The van der Waals surface area contributed by atoms with E-state index in [0.717, 1.165) is 31.4 Å². The molecule has 1 aliphatic carbocycles. The van der Waals surface area contributed by atoms with Crippen LogP contribution in [0, 0.1) is 0 Å². The largest absolute Gasteiger partial charge is 0.393 e. The van der Waals surface area contributed by atoms with Crippen molar-refractivity contribution in [3.63, 3.8) is 0 Å². The van der Waals surface area contributed by atoms with E-state index in [1.165, 1.54) is 18.4 Å². The average molecular weight is 285 g/mol. The summed E-state index contributed by atoms with van der Waals surface area (Å²) in [7, 11) is 0. The van der Waals surface area contributed by atoms with Gasteiger partial charge in [0.25, 0.3) is 5.56 Å². The van der Waals surface area contributed by atoms with E-state index in [0.29, 0.717) is 18.2 Å². The summed E-state index contributed by atoms with van der Waals surface area (Å²) in [6.45, 7) is 0.699. The van der Waals surface area contributed by atoms with Crippen molar-refractivity contribution in [3.8, 4) is 0 Å². The second-order valence-corrected chi connectivity index (χ2v) is 5.97. The van der Waals surface area contributed by atoms with Gasteiger partial charge in [-0.1, -0.05) is 43.2 Å². The number of hydrogen-bond donors (Lipinski definition) is 2. The van der Waals surface area contributed by atoms with E-state index in [9.17, 15) is 4.79 Å². The number of nitrogens with two attached hydrogens (primary N) is 1. The van der Waals surface area contributed by atoms with Gasteiger partial charge in [-0.25, -0.2) is 0 Å². The van der Waals surface area contributed by atoms with Gasteiger partial charge in [-0.15, -0.1) is 0 Å². The topological polar surface area (TPSA) is 63.8 Å². The molecule has 1 saturated carbocycles. The van der Waals surface area contributed by atoms with Crippen molar-refractivity contribution >= 4 is 5.69 Å². The molecule has 1 aromatic heterocycles. The van der Waals surface area contributed by atoms with Crippen molar-refractivity contribution < 1.29 is 0 Å². The van der Waals surface area contributed by atoms with Crippen LogP contribution in [0.1, 0.15) is 49.3 Å². The Labute approximate surface area is 125 Å².